The summed E-state index contributed by atoms with van der Waals surface area (Å²) in [6.45, 7) is 2.71. The molecule has 2 amide bonds. The second-order valence-corrected chi connectivity index (χ2v) is 10.4. The van der Waals surface area contributed by atoms with Crippen LogP contribution in [0.5, 0.6) is 28.7 Å². The zero-order valence-corrected chi connectivity index (χ0v) is 23.1. The van der Waals surface area contributed by atoms with Crippen molar-refractivity contribution >= 4 is 11.8 Å². The van der Waals surface area contributed by atoms with Crippen molar-refractivity contribution in [3.8, 4) is 28.7 Å². The number of hydrogen-bond donors (Lipinski definition) is 2. The number of ether oxygens (including phenoxy) is 5. The Balaban J connectivity index is 1.29. The number of amides is 2. The summed E-state index contributed by atoms with van der Waals surface area (Å²) in [6, 6.07) is 16.5. The van der Waals surface area contributed by atoms with E-state index < -0.39 is 0 Å². The van der Waals surface area contributed by atoms with E-state index in [0.29, 0.717) is 41.7 Å². The zero-order chi connectivity index (χ0) is 28.3. The SMILES string of the molecule is COc1cc2cc(c1)C(=O)N[C@H]1CN(Cc3ccc4c(c3)CCO4)C[C@@H]1Oc1ccc(c(OC)c1)CNC(=O)CO2. The molecule has 0 spiro atoms. The topological polar surface area (TPSA) is 108 Å². The summed E-state index contributed by atoms with van der Waals surface area (Å²) < 4.78 is 28.8. The third kappa shape index (κ3) is 6.02. The van der Waals surface area contributed by atoms with Gasteiger partial charge < -0.3 is 34.3 Å². The minimum absolute atomic E-state index is 0.216. The molecule has 3 aromatic carbocycles. The van der Waals surface area contributed by atoms with Crippen molar-refractivity contribution in [3.05, 3.63) is 76.9 Å². The van der Waals surface area contributed by atoms with Crippen LogP contribution in [0.1, 0.15) is 27.0 Å². The van der Waals surface area contributed by atoms with Gasteiger partial charge in [0.25, 0.3) is 11.8 Å². The highest BCUT2D eigenvalue weighted by atomic mass is 16.5. The highest BCUT2D eigenvalue weighted by Gasteiger charge is 2.36. The van der Waals surface area contributed by atoms with Gasteiger partial charge >= 0.3 is 0 Å². The first kappa shape index (κ1) is 26.8. The van der Waals surface area contributed by atoms with Crippen LogP contribution in [-0.4, -0.2) is 69.4 Å². The molecular formula is C31H33N3O7. The maximum atomic E-state index is 13.5. The van der Waals surface area contributed by atoms with Crippen molar-refractivity contribution < 1.29 is 33.3 Å². The lowest BCUT2D eigenvalue weighted by atomic mass is 10.1. The van der Waals surface area contributed by atoms with Crippen LogP contribution in [0.25, 0.3) is 0 Å². The number of nitrogens with zero attached hydrogens (tertiary/aromatic N) is 1. The van der Waals surface area contributed by atoms with Gasteiger partial charge in [-0.1, -0.05) is 12.1 Å². The number of benzene rings is 3. The number of carbonyl (C=O) groups excluding carboxylic acids is 2. The Morgan fingerprint density at radius 3 is 2.68 bits per heavy atom. The largest absolute Gasteiger partial charge is 0.497 e. The van der Waals surface area contributed by atoms with Gasteiger partial charge in [-0.05, 0) is 41.5 Å². The van der Waals surface area contributed by atoms with Crippen LogP contribution in [0.15, 0.2) is 54.6 Å². The van der Waals surface area contributed by atoms with E-state index in [4.69, 9.17) is 23.7 Å². The Kier molecular flexibility index (Phi) is 7.56. The molecule has 4 bridgehead atoms. The average Bonchev–Trinajstić information content (AvgIpc) is 3.60. The molecule has 214 valence electrons. The fraction of sp³-hybridized carbons (Fsp3) is 0.355. The third-order valence-electron chi connectivity index (χ3n) is 7.59. The molecule has 4 heterocycles. The number of likely N-dealkylation sites (tertiary alicyclic amines) is 1. The van der Waals surface area contributed by atoms with Gasteiger partial charge in [-0.25, -0.2) is 0 Å². The summed E-state index contributed by atoms with van der Waals surface area (Å²) in [5, 5.41) is 6.02. The molecule has 0 radical (unpaired) electrons. The van der Waals surface area contributed by atoms with Crippen LogP contribution in [0.4, 0.5) is 0 Å². The van der Waals surface area contributed by atoms with Crippen LogP contribution < -0.4 is 34.3 Å². The van der Waals surface area contributed by atoms with Gasteiger partial charge in [-0.2, -0.15) is 0 Å². The monoisotopic (exact) mass is 559 g/mol. The molecule has 4 aliphatic rings. The zero-order valence-electron chi connectivity index (χ0n) is 23.1. The Morgan fingerprint density at radius 1 is 0.927 bits per heavy atom. The van der Waals surface area contributed by atoms with Crippen molar-refractivity contribution in [3.63, 3.8) is 0 Å². The van der Waals surface area contributed by atoms with Crippen LogP contribution in [0.3, 0.4) is 0 Å². The first-order valence-corrected chi connectivity index (χ1v) is 13.7. The van der Waals surface area contributed by atoms with E-state index in [-0.39, 0.29) is 37.1 Å². The highest BCUT2D eigenvalue weighted by Crippen LogP contribution is 2.30. The lowest BCUT2D eigenvalue weighted by molar-refractivity contribution is -0.123. The van der Waals surface area contributed by atoms with E-state index in [0.717, 1.165) is 30.9 Å². The van der Waals surface area contributed by atoms with Crippen LogP contribution in [-0.2, 0) is 24.3 Å². The second kappa shape index (κ2) is 11.6. The first-order valence-electron chi connectivity index (χ1n) is 13.7. The molecule has 10 heteroatoms. The number of rotatable bonds is 4. The maximum Gasteiger partial charge on any atom is 0.258 e. The van der Waals surface area contributed by atoms with E-state index in [1.165, 1.54) is 18.2 Å². The first-order chi connectivity index (χ1) is 20.0. The Hall–Kier alpha value is -4.44. The third-order valence-corrected chi connectivity index (χ3v) is 7.59. The van der Waals surface area contributed by atoms with Gasteiger partial charge in [0.1, 0.15) is 34.9 Å². The number of hydrogen-bond acceptors (Lipinski definition) is 8. The second-order valence-electron chi connectivity index (χ2n) is 10.4. The predicted octanol–water partition coefficient (Wildman–Crippen LogP) is 2.71. The van der Waals surface area contributed by atoms with E-state index in [2.05, 4.69) is 27.7 Å². The summed E-state index contributed by atoms with van der Waals surface area (Å²) >= 11 is 0. The average molecular weight is 560 g/mol. The van der Waals surface area contributed by atoms with E-state index in [1.54, 1.807) is 25.3 Å². The molecule has 0 aliphatic carbocycles. The maximum absolute atomic E-state index is 13.5. The van der Waals surface area contributed by atoms with E-state index >= 15 is 0 Å². The Bertz CT molecular complexity index is 1460. The van der Waals surface area contributed by atoms with Crippen molar-refractivity contribution in [2.24, 2.45) is 0 Å². The molecule has 2 atom stereocenters. The van der Waals surface area contributed by atoms with E-state index in [1.807, 2.05) is 24.3 Å². The van der Waals surface area contributed by atoms with Gasteiger partial charge in [-0.3, -0.25) is 14.5 Å². The number of carbonyl (C=O) groups is 2. The summed E-state index contributed by atoms with van der Waals surface area (Å²) in [4.78, 5) is 28.3. The summed E-state index contributed by atoms with van der Waals surface area (Å²) in [6.07, 6.45) is 0.602. The molecule has 10 nitrogen and oxygen atoms in total. The lowest BCUT2D eigenvalue weighted by Gasteiger charge is -2.22. The Morgan fingerprint density at radius 2 is 1.83 bits per heavy atom. The smallest absolute Gasteiger partial charge is 0.258 e. The molecule has 1 fully saturated rings. The summed E-state index contributed by atoms with van der Waals surface area (Å²) in [5.41, 5.74) is 3.59. The van der Waals surface area contributed by atoms with Crippen LogP contribution in [0.2, 0.25) is 0 Å². The van der Waals surface area contributed by atoms with Gasteiger partial charge in [0.2, 0.25) is 0 Å². The molecule has 7 rings (SSSR count). The Labute approximate surface area is 238 Å². The van der Waals surface area contributed by atoms with Crippen molar-refractivity contribution in [1.29, 1.82) is 0 Å². The van der Waals surface area contributed by atoms with E-state index in [9.17, 15) is 9.59 Å². The molecular weight excluding hydrogens is 526 g/mol. The molecule has 41 heavy (non-hydrogen) atoms. The summed E-state index contributed by atoms with van der Waals surface area (Å²) in [7, 11) is 3.10. The predicted molar refractivity (Wildman–Crippen MR) is 150 cm³/mol. The lowest BCUT2D eigenvalue weighted by Crippen LogP contribution is -2.45. The number of fused-ring (bicyclic) bond motifs is 8. The van der Waals surface area contributed by atoms with Crippen molar-refractivity contribution in [2.45, 2.75) is 31.7 Å². The quantitative estimate of drug-likeness (QED) is 0.503. The molecule has 3 aromatic rings. The molecule has 1 saturated heterocycles. The minimum Gasteiger partial charge on any atom is -0.497 e. The molecule has 4 aliphatic heterocycles. The van der Waals surface area contributed by atoms with Gasteiger partial charge in [0.15, 0.2) is 6.61 Å². The molecule has 0 aromatic heterocycles. The van der Waals surface area contributed by atoms with Crippen molar-refractivity contribution in [1.82, 2.24) is 15.5 Å². The van der Waals surface area contributed by atoms with Gasteiger partial charge in [0, 0.05) is 55.9 Å². The minimum atomic E-state index is -0.316. The van der Waals surface area contributed by atoms with Gasteiger partial charge in [0.05, 0.1) is 26.9 Å². The fourth-order valence-electron chi connectivity index (χ4n) is 5.50. The van der Waals surface area contributed by atoms with Crippen LogP contribution >= 0.6 is 0 Å². The summed E-state index contributed by atoms with van der Waals surface area (Å²) in [5.74, 6) is 2.39. The standard InChI is InChI=1S/C31H33N3O7/c1-37-24-10-22-11-25(12-24)40-18-30(35)32-14-21-4-5-23(13-28(21)38-2)41-29-17-34(16-26(29)33-31(22)36)15-19-3-6-27-20(9-19)7-8-39-27/h3-6,9-13,26,29H,7-8,14-18H2,1-2H3,(H,32,35)(H,33,36)/t26-,29-/m0/s1. The number of methoxy groups -OCH3 is 2. The van der Waals surface area contributed by atoms with Crippen LogP contribution in [0, 0.1) is 0 Å². The fourth-order valence-corrected chi connectivity index (χ4v) is 5.50. The highest BCUT2D eigenvalue weighted by molar-refractivity contribution is 5.95. The number of nitrogens with one attached hydrogen (secondary N) is 2. The van der Waals surface area contributed by atoms with Gasteiger partial charge in [-0.15, -0.1) is 0 Å². The molecule has 0 saturated carbocycles. The molecule has 0 unspecified atom stereocenters. The normalized spacial score (nSPS) is 20.4. The molecule has 2 N–H and O–H groups in total. The van der Waals surface area contributed by atoms with Crippen molar-refractivity contribution in [2.75, 3.05) is 40.5 Å².